The van der Waals surface area contributed by atoms with Crippen LogP contribution >= 0.6 is 11.6 Å². The molecule has 11 heteroatoms. The summed E-state index contributed by atoms with van der Waals surface area (Å²) in [7, 11) is 1.48. The van der Waals surface area contributed by atoms with Crippen LogP contribution in [0.3, 0.4) is 0 Å². The number of rotatable bonds is 7. The van der Waals surface area contributed by atoms with Crippen molar-refractivity contribution in [1.29, 1.82) is 0 Å². The highest BCUT2D eigenvalue weighted by Gasteiger charge is 2.39. The van der Waals surface area contributed by atoms with Gasteiger partial charge >= 0.3 is 0 Å². The number of nitrogens with two attached hydrogens (primary N) is 1. The lowest BCUT2D eigenvalue weighted by Crippen LogP contribution is -2.46. The van der Waals surface area contributed by atoms with Gasteiger partial charge in [-0.25, -0.2) is 8.78 Å². The first-order valence-corrected chi connectivity index (χ1v) is 11.2. The molecule has 35 heavy (non-hydrogen) atoms. The van der Waals surface area contributed by atoms with E-state index in [2.05, 4.69) is 5.32 Å². The number of hydrogen-bond acceptors (Lipinski definition) is 4. The number of fused-ring (bicyclic) bond motifs is 1. The third-order valence-corrected chi connectivity index (χ3v) is 6.31. The number of amides is 3. The van der Waals surface area contributed by atoms with E-state index in [9.17, 15) is 23.2 Å². The Labute approximate surface area is 204 Å². The molecular weight excluding hydrogens is 482 g/mol. The first-order valence-electron chi connectivity index (χ1n) is 10.8. The van der Waals surface area contributed by atoms with Crippen molar-refractivity contribution in [2.24, 2.45) is 5.73 Å². The van der Waals surface area contributed by atoms with Gasteiger partial charge in [-0.05, 0) is 18.2 Å². The number of alkyl halides is 1. The van der Waals surface area contributed by atoms with Crippen molar-refractivity contribution in [3.8, 4) is 5.75 Å². The topological polar surface area (TPSA) is 107 Å². The third kappa shape index (κ3) is 4.93. The SMILES string of the molecule is COc1ccc2c(C(N)=O)cn(CC(=O)N3C[C@H](F)C[C@H]3C(=O)NCc3cccc(Cl)c3F)c2c1. The van der Waals surface area contributed by atoms with E-state index in [4.69, 9.17) is 22.1 Å². The van der Waals surface area contributed by atoms with E-state index in [0.717, 1.165) is 4.90 Å². The summed E-state index contributed by atoms with van der Waals surface area (Å²) in [5.41, 5.74) is 6.40. The summed E-state index contributed by atoms with van der Waals surface area (Å²) in [6, 6.07) is 8.32. The second-order valence-corrected chi connectivity index (χ2v) is 8.65. The zero-order valence-corrected chi connectivity index (χ0v) is 19.5. The molecule has 2 heterocycles. The maximum Gasteiger partial charge on any atom is 0.250 e. The molecule has 8 nitrogen and oxygen atoms in total. The van der Waals surface area contributed by atoms with Gasteiger partial charge < -0.3 is 25.3 Å². The minimum absolute atomic E-state index is 0.0795. The number of benzene rings is 2. The Bertz CT molecular complexity index is 1310. The van der Waals surface area contributed by atoms with Crippen molar-refractivity contribution >= 4 is 40.2 Å². The van der Waals surface area contributed by atoms with E-state index in [1.807, 2.05) is 0 Å². The van der Waals surface area contributed by atoms with E-state index < -0.39 is 35.8 Å². The van der Waals surface area contributed by atoms with Gasteiger partial charge in [0, 0.05) is 36.2 Å². The van der Waals surface area contributed by atoms with Crippen LogP contribution in [0.5, 0.6) is 5.75 Å². The number of ether oxygens (including phenoxy) is 1. The van der Waals surface area contributed by atoms with Gasteiger partial charge in [-0.15, -0.1) is 0 Å². The average molecular weight is 505 g/mol. The first-order chi connectivity index (χ1) is 16.7. The molecule has 2 aromatic carbocycles. The van der Waals surface area contributed by atoms with Gasteiger partial charge in [0.2, 0.25) is 11.8 Å². The summed E-state index contributed by atoms with van der Waals surface area (Å²) >= 11 is 5.77. The molecule has 184 valence electrons. The normalized spacial score (nSPS) is 17.5. The van der Waals surface area contributed by atoms with Gasteiger partial charge in [0.1, 0.15) is 30.3 Å². The summed E-state index contributed by atoms with van der Waals surface area (Å²) in [6.07, 6.45) is -0.118. The van der Waals surface area contributed by atoms with Crippen LogP contribution in [0, 0.1) is 5.82 Å². The molecule has 0 spiro atoms. The van der Waals surface area contributed by atoms with E-state index >= 15 is 0 Å². The molecule has 1 saturated heterocycles. The molecule has 0 bridgehead atoms. The Hall–Kier alpha value is -3.66. The quantitative estimate of drug-likeness (QED) is 0.516. The molecule has 1 aromatic heterocycles. The van der Waals surface area contributed by atoms with Gasteiger partial charge in [0.05, 0.1) is 29.8 Å². The third-order valence-electron chi connectivity index (χ3n) is 6.02. The second-order valence-electron chi connectivity index (χ2n) is 8.24. The molecular formula is C24H23ClF2N4O4. The van der Waals surface area contributed by atoms with Crippen molar-refractivity contribution in [3.63, 3.8) is 0 Å². The number of nitrogens with one attached hydrogen (secondary N) is 1. The highest BCUT2D eigenvalue weighted by atomic mass is 35.5. The molecule has 1 fully saturated rings. The molecule has 3 N–H and O–H groups in total. The van der Waals surface area contributed by atoms with E-state index in [-0.39, 0.29) is 42.2 Å². The summed E-state index contributed by atoms with van der Waals surface area (Å²) < 4.78 is 35.2. The van der Waals surface area contributed by atoms with Crippen LogP contribution < -0.4 is 15.8 Å². The minimum atomic E-state index is -1.39. The Morgan fingerprint density at radius 3 is 2.74 bits per heavy atom. The Morgan fingerprint density at radius 2 is 2.03 bits per heavy atom. The van der Waals surface area contributed by atoms with Crippen LogP contribution in [-0.4, -0.2) is 53.1 Å². The van der Waals surface area contributed by atoms with Crippen molar-refractivity contribution in [1.82, 2.24) is 14.8 Å². The summed E-state index contributed by atoms with van der Waals surface area (Å²) in [5, 5.41) is 3.02. The lowest BCUT2D eigenvalue weighted by molar-refractivity contribution is -0.139. The van der Waals surface area contributed by atoms with Gasteiger partial charge in [-0.1, -0.05) is 23.7 Å². The van der Waals surface area contributed by atoms with Crippen LogP contribution in [0.1, 0.15) is 22.3 Å². The number of hydrogen-bond donors (Lipinski definition) is 2. The molecule has 0 aliphatic carbocycles. The lowest BCUT2D eigenvalue weighted by Gasteiger charge is -2.24. The number of primary amides is 1. The molecule has 1 aliphatic heterocycles. The summed E-state index contributed by atoms with van der Waals surface area (Å²) in [4.78, 5) is 39.0. The van der Waals surface area contributed by atoms with Crippen molar-refractivity contribution in [2.75, 3.05) is 13.7 Å². The number of likely N-dealkylation sites (tertiary alicyclic amines) is 1. The molecule has 0 unspecified atom stereocenters. The number of aromatic nitrogens is 1. The second kappa shape index (κ2) is 9.91. The molecule has 1 aliphatic rings. The van der Waals surface area contributed by atoms with Crippen molar-refractivity contribution in [2.45, 2.75) is 31.7 Å². The zero-order chi connectivity index (χ0) is 25.3. The molecule has 3 aromatic rings. The first kappa shape index (κ1) is 24.5. The van der Waals surface area contributed by atoms with Crippen LogP contribution in [-0.2, 0) is 22.7 Å². The van der Waals surface area contributed by atoms with Gasteiger partial charge in [0.25, 0.3) is 5.91 Å². The van der Waals surface area contributed by atoms with E-state index in [1.54, 1.807) is 24.3 Å². The Morgan fingerprint density at radius 1 is 1.26 bits per heavy atom. The number of carbonyl (C=O) groups excluding carboxylic acids is 3. The fraction of sp³-hybridized carbons (Fsp3) is 0.292. The molecule has 3 amide bonds. The maximum absolute atomic E-state index is 14.3. The van der Waals surface area contributed by atoms with Crippen LogP contribution in [0.4, 0.5) is 8.78 Å². The van der Waals surface area contributed by atoms with Gasteiger partial charge in [-0.3, -0.25) is 14.4 Å². The van der Waals surface area contributed by atoms with Crippen LogP contribution in [0.15, 0.2) is 42.6 Å². The van der Waals surface area contributed by atoms with E-state index in [1.165, 1.54) is 30.0 Å². The fourth-order valence-electron chi connectivity index (χ4n) is 4.26. The lowest BCUT2D eigenvalue weighted by atomic mass is 10.1. The van der Waals surface area contributed by atoms with Gasteiger partial charge in [-0.2, -0.15) is 0 Å². The highest BCUT2D eigenvalue weighted by Crippen LogP contribution is 2.27. The number of methoxy groups -OCH3 is 1. The number of halogens is 3. The standard InChI is InChI=1S/C24H23ClF2N4O4/c1-35-15-5-6-16-17(23(28)33)11-30(19(16)8-15)12-21(32)31-10-14(26)7-20(31)24(34)29-9-13-3-2-4-18(25)22(13)27/h2-6,8,11,14,20H,7,9-10,12H2,1H3,(H2,28,33)(H,29,34)/t14-,20+/m1/s1. The zero-order valence-electron chi connectivity index (χ0n) is 18.8. The van der Waals surface area contributed by atoms with Crippen molar-refractivity contribution in [3.05, 3.63) is 64.6 Å². The van der Waals surface area contributed by atoms with Crippen molar-refractivity contribution < 1.29 is 27.9 Å². The molecule has 2 atom stereocenters. The fourth-order valence-corrected chi connectivity index (χ4v) is 4.45. The number of nitrogens with zero attached hydrogens (tertiary/aromatic N) is 2. The largest absolute Gasteiger partial charge is 0.497 e. The predicted molar refractivity (Wildman–Crippen MR) is 125 cm³/mol. The predicted octanol–water partition coefficient (Wildman–Crippen LogP) is 2.80. The average Bonchev–Trinajstić information content (AvgIpc) is 3.40. The van der Waals surface area contributed by atoms with Crippen LogP contribution in [0.2, 0.25) is 5.02 Å². The summed E-state index contributed by atoms with van der Waals surface area (Å²) in [5.74, 6) is -1.93. The smallest absolute Gasteiger partial charge is 0.250 e. The Balaban J connectivity index is 1.53. The molecule has 0 saturated carbocycles. The maximum atomic E-state index is 14.3. The molecule has 4 rings (SSSR count). The monoisotopic (exact) mass is 504 g/mol. The highest BCUT2D eigenvalue weighted by molar-refractivity contribution is 6.30. The Kier molecular flexibility index (Phi) is 6.93. The number of carbonyl (C=O) groups is 3. The molecule has 0 radical (unpaired) electrons. The van der Waals surface area contributed by atoms with E-state index in [0.29, 0.717) is 16.7 Å². The minimum Gasteiger partial charge on any atom is -0.497 e. The van der Waals surface area contributed by atoms with Gasteiger partial charge in [0.15, 0.2) is 0 Å². The summed E-state index contributed by atoms with van der Waals surface area (Å²) in [6.45, 7) is -0.672. The van der Waals surface area contributed by atoms with Crippen LogP contribution in [0.25, 0.3) is 10.9 Å².